The van der Waals surface area contributed by atoms with Crippen LogP contribution in [0.25, 0.3) is 11.4 Å². The lowest BCUT2D eigenvalue weighted by Gasteiger charge is -2.25. The predicted octanol–water partition coefficient (Wildman–Crippen LogP) is 3.17. The number of hydrogen-bond donors (Lipinski definition) is 1. The van der Waals surface area contributed by atoms with E-state index >= 15 is 0 Å². The number of anilines is 1. The Balaban J connectivity index is 1.66. The molecule has 0 aliphatic heterocycles. The molecule has 33 heavy (non-hydrogen) atoms. The third kappa shape index (κ3) is 4.56. The number of nitrogens with two attached hydrogens (primary N) is 1. The third-order valence-electron chi connectivity index (χ3n) is 6.03. The number of nitrogens with zero attached hydrogens (tertiary/aromatic N) is 5. The molecule has 0 spiro atoms. The van der Waals surface area contributed by atoms with E-state index in [4.69, 9.17) is 5.73 Å². The molecule has 1 fully saturated rings. The van der Waals surface area contributed by atoms with E-state index in [1.165, 1.54) is 32.3 Å². The number of carbonyl (C=O) groups excluding carboxylic acids is 1. The number of aromatic nitrogens is 5. The molecular weight excluding hydrogens is 508 g/mol. The van der Waals surface area contributed by atoms with Gasteiger partial charge in [-0.3, -0.25) is 23.3 Å². The Morgan fingerprint density at radius 2 is 1.76 bits per heavy atom. The van der Waals surface area contributed by atoms with Crippen LogP contribution in [-0.2, 0) is 14.1 Å². The summed E-state index contributed by atoms with van der Waals surface area (Å²) in [7, 11) is 2.77. The van der Waals surface area contributed by atoms with Crippen molar-refractivity contribution in [2.45, 2.75) is 43.3 Å². The number of hydrogen-bond acceptors (Lipinski definition) is 7. The number of carbonyl (C=O) groups is 1. The number of halogens is 1. The summed E-state index contributed by atoms with van der Waals surface area (Å²) in [5, 5.41) is 9.47. The fourth-order valence-corrected chi connectivity index (χ4v) is 5.31. The van der Waals surface area contributed by atoms with Gasteiger partial charge in [-0.15, -0.1) is 10.2 Å². The van der Waals surface area contributed by atoms with E-state index in [1.54, 1.807) is 0 Å². The van der Waals surface area contributed by atoms with Gasteiger partial charge in [0.1, 0.15) is 11.4 Å². The van der Waals surface area contributed by atoms with Gasteiger partial charge in [-0.2, -0.15) is 0 Å². The Bertz CT molecular complexity index is 1310. The van der Waals surface area contributed by atoms with Crippen LogP contribution < -0.4 is 17.0 Å². The zero-order chi connectivity index (χ0) is 23.7. The summed E-state index contributed by atoms with van der Waals surface area (Å²) in [4.78, 5) is 37.6. The molecule has 9 nitrogen and oxygen atoms in total. The quantitative estimate of drug-likeness (QED) is 0.382. The minimum atomic E-state index is -0.689. The number of thioether (sulfide) groups is 1. The van der Waals surface area contributed by atoms with Gasteiger partial charge in [-0.05, 0) is 25.0 Å². The molecule has 4 rings (SSSR count). The molecule has 2 heterocycles. The van der Waals surface area contributed by atoms with Crippen molar-refractivity contribution in [1.82, 2.24) is 23.9 Å². The maximum atomic E-state index is 13.0. The molecular formula is C22H25BrN6O3S. The fourth-order valence-electron chi connectivity index (χ4n) is 4.16. The summed E-state index contributed by atoms with van der Waals surface area (Å²) in [5.41, 5.74) is 5.46. The SMILES string of the molecule is Cn1c(N)c(C(=O)CSc2nnc(-c3ccc(Br)cc3)n2C2CCCCC2)c(=O)n(C)c1=O. The van der Waals surface area contributed by atoms with Gasteiger partial charge in [0.15, 0.2) is 16.8 Å². The third-order valence-corrected chi connectivity index (χ3v) is 7.50. The van der Waals surface area contributed by atoms with Gasteiger partial charge in [-0.1, -0.05) is 59.1 Å². The molecule has 1 aliphatic rings. The molecule has 1 aromatic carbocycles. The van der Waals surface area contributed by atoms with Crippen LogP contribution in [0.1, 0.15) is 48.5 Å². The number of rotatable bonds is 6. The standard InChI is InChI=1S/C22H25BrN6O3S/c1-27-18(24)17(20(31)28(2)22(27)32)16(30)12-33-21-26-25-19(13-8-10-14(23)11-9-13)29(21)15-6-4-3-5-7-15/h8-11,15H,3-7,12,24H2,1-2H3. The van der Waals surface area contributed by atoms with Crippen LogP contribution in [0.5, 0.6) is 0 Å². The maximum absolute atomic E-state index is 13.0. The fraction of sp³-hybridized carbons (Fsp3) is 0.409. The van der Waals surface area contributed by atoms with E-state index in [1.807, 2.05) is 24.3 Å². The highest BCUT2D eigenvalue weighted by Crippen LogP contribution is 2.36. The molecule has 0 amide bonds. The van der Waals surface area contributed by atoms with E-state index in [2.05, 4.69) is 30.7 Å². The molecule has 0 saturated heterocycles. The smallest absolute Gasteiger partial charge is 0.332 e. The second kappa shape index (κ2) is 9.68. The summed E-state index contributed by atoms with van der Waals surface area (Å²) in [6, 6.07) is 8.15. The number of ketones is 1. The lowest BCUT2D eigenvalue weighted by molar-refractivity contribution is 0.102. The van der Waals surface area contributed by atoms with Gasteiger partial charge >= 0.3 is 5.69 Å². The van der Waals surface area contributed by atoms with Crippen molar-refractivity contribution in [1.29, 1.82) is 0 Å². The van der Waals surface area contributed by atoms with Crippen LogP contribution in [0.4, 0.5) is 5.82 Å². The Labute approximate surface area is 203 Å². The van der Waals surface area contributed by atoms with Crippen LogP contribution in [-0.4, -0.2) is 35.4 Å². The Hall–Kier alpha value is -2.66. The van der Waals surface area contributed by atoms with E-state index in [-0.39, 0.29) is 23.2 Å². The average molecular weight is 533 g/mol. The van der Waals surface area contributed by atoms with Crippen LogP contribution >= 0.6 is 27.7 Å². The van der Waals surface area contributed by atoms with Crippen molar-refractivity contribution in [3.05, 3.63) is 55.1 Å². The summed E-state index contributed by atoms with van der Waals surface area (Å²) < 4.78 is 5.11. The highest BCUT2D eigenvalue weighted by Gasteiger charge is 2.26. The Morgan fingerprint density at radius 1 is 1.09 bits per heavy atom. The Morgan fingerprint density at radius 3 is 2.42 bits per heavy atom. The molecule has 0 atom stereocenters. The minimum absolute atomic E-state index is 0.0389. The lowest BCUT2D eigenvalue weighted by Crippen LogP contribution is -2.41. The zero-order valence-corrected chi connectivity index (χ0v) is 20.9. The monoisotopic (exact) mass is 532 g/mol. The number of Topliss-reactive ketones (excluding diaryl/α,β-unsaturated/α-hetero) is 1. The van der Waals surface area contributed by atoms with Gasteiger partial charge in [-0.25, -0.2) is 4.79 Å². The number of nitrogen functional groups attached to an aromatic ring is 1. The first-order valence-electron chi connectivity index (χ1n) is 10.7. The maximum Gasteiger partial charge on any atom is 0.332 e. The molecule has 1 saturated carbocycles. The molecule has 174 valence electrons. The summed E-state index contributed by atoms with van der Waals surface area (Å²) in [6.45, 7) is 0. The highest BCUT2D eigenvalue weighted by molar-refractivity contribution is 9.10. The van der Waals surface area contributed by atoms with Gasteiger partial charge in [0.25, 0.3) is 5.56 Å². The van der Waals surface area contributed by atoms with Crippen molar-refractivity contribution in [3.63, 3.8) is 0 Å². The van der Waals surface area contributed by atoms with Gasteiger partial charge in [0, 0.05) is 30.2 Å². The largest absolute Gasteiger partial charge is 0.384 e. The first kappa shape index (κ1) is 23.5. The summed E-state index contributed by atoms with van der Waals surface area (Å²) in [6.07, 6.45) is 5.53. The predicted molar refractivity (Wildman–Crippen MR) is 132 cm³/mol. The summed E-state index contributed by atoms with van der Waals surface area (Å²) in [5.74, 6) is 0.153. The van der Waals surface area contributed by atoms with Crippen molar-refractivity contribution in [2.75, 3.05) is 11.5 Å². The first-order valence-corrected chi connectivity index (χ1v) is 12.5. The van der Waals surface area contributed by atoms with E-state index < -0.39 is 17.0 Å². The molecule has 0 radical (unpaired) electrons. The molecule has 0 unspecified atom stereocenters. The molecule has 11 heteroatoms. The number of benzene rings is 1. The summed E-state index contributed by atoms with van der Waals surface area (Å²) >= 11 is 4.70. The van der Waals surface area contributed by atoms with Crippen molar-refractivity contribution >= 4 is 39.3 Å². The molecule has 2 N–H and O–H groups in total. The lowest BCUT2D eigenvalue weighted by atomic mass is 9.95. The molecule has 2 aromatic heterocycles. The van der Waals surface area contributed by atoms with Crippen LogP contribution in [0.2, 0.25) is 0 Å². The van der Waals surface area contributed by atoms with Gasteiger partial charge in [0.05, 0.1) is 5.75 Å². The van der Waals surface area contributed by atoms with Gasteiger partial charge in [0.2, 0.25) is 0 Å². The van der Waals surface area contributed by atoms with Crippen LogP contribution in [0, 0.1) is 0 Å². The minimum Gasteiger partial charge on any atom is -0.384 e. The second-order valence-electron chi connectivity index (χ2n) is 8.15. The first-order chi connectivity index (χ1) is 15.8. The van der Waals surface area contributed by atoms with Crippen molar-refractivity contribution in [2.24, 2.45) is 14.1 Å². The molecule has 0 bridgehead atoms. The molecule has 3 aromatic rings. The zero-order valence-electron chi connectivity index (χ0n) is 18.5. The van der Waals surface area contributed by atoms with E-state index in [0.717, 1.165) is 50.7 Å². The van der Waals surface area contributed by atoms with Crippen molar-refractivity contribution in [3.8, 4) is 11.4 Å². The highest BCUT2D eigenvalue weighted by atomic mass is 79.9. The molecule has 1 aliphatic carbocycles. The van der Waals surface area contributed by atoms with E-state index in [0.29, 0.717) is 5.16 Å². The average Bonchev–Trinajstić information content (AvgIpc) is 3.25. The second-order valence-corrected chi connectivity index (χ2v) is 10.0. The van der Waals surface area contributed by atoms with Crippen LogP contribution in [0.15, 0.2) is 43.5 Å². The van der Waals surface area contributed by atoms with Gasteiger partial charge < -0.3 is 5.73 Å². The normalized spacial score (nSPS) is 14.5. The van der Waals surface area contributed by atoms with Crippen LogP contribution in [0.3, 0.4) is 0 Å². The topological polar surface area (TPSA) is 118 Å². The van der Waals surface area contributed by atoms with E-state index in [9.17, 15) is 14.4 Å². The van der Waals surface area contributed by atoms with Crippen molar-refractivity contribution < 1.29 is 4.79 Å². The Kier molecular flexibility index (Phi) is 6.89.